The van der Waals surface area contributed by atoms with Gasteiger partial charge >= 0.3 is 6.18 Å². The molecule has 3 rings (SSSR count). The van der Waals surface area contributed by atoms with Gasteiger partial charge in [-0.25, -0.2) is 4.39 Å². The number of para-hydroxylation sites is 1. The molecule has 0 aliphatic carbocycles. The highest BCUT2D eigenvalue weighted by atomic mass is 19.4. The molecule has 0 saturated carbocycles. The fourth-order valence-electron chi connectivity index (χ4n) is 2.50. The van der Waals surface area contributed by atoms with Crippen LogP contribution in [0.4, 0.5) is 28.9 Å². The minimum Gasteiger partial charge on any atom is -0.457 e. The van der Waals surface area contributed by atoms with E-state index in [1.54, 1.807) is 36.4 Å². The standard InChI is InChI=1S/C22H16F4N2O3/c23-19(20(29)27-15-8-6-14(7-9-15)22(24,25)26)21(30)28-16-10-12-18(13-11-16)31-17-4-2-1-3-5-17/h1-13,19H,(H,27,29)(H,28,30). The van der Waals surface area contributed by atoms with Crippen molar-refractivity contribution in [2.45, 2.75) is 12.3 Å². The van der Waals surface area contributed by atoms with Crippen LogP contribution in [0, 0.1) is 0 Å². The lowest BCUT2D eigenvalue weighted by atomic mass is 10.2. The van der Waals surface area contributed by atoms with Gasteiger partial charge in [-0.05, 0) is 60.7 Å². The maximum atomic E-state index is 14.2. The number of anilines is 2. The van der Waals surface area contributed by atoms with Crippen LogP contribution in [0.3, 0.4) is 0 Å². The molecule has 0 heterocycles. The maximum Gasteiger partial charge on any atom is 0.416 e. The van der Waals surface area contributed by atoms with Gasteiger partial charge in [0.15, 0.2) is 0 Å². The number of rotatable bonds is 6. The van der Waals surface area contributed by atoms with Crippen LogP contribution < -0.4 is 15.4 Å². The number of hydrogen-bond acceptors (Lipinski definition) is 3. The number of carbonyl (C=O) groups is 2. The van der Waals surface area contributed by atoms with Gasteiger partial charge in [0, 0.05) is 11.4 Å². The number of amides is 2. The summed E-state index contributed by atoms with van der Waals surface area (Å²) in [7, 11) is 0. The molecule has 0 spiro atoms. The zero-order valence-electron chi connectivity index (χ0n) is 15.8. The van der Waals surface area contributed by atoms with E-state index in [2.05, 4.69) is 10.6 Å². The Kier molecular flexibility index (Phi) is 6.54. The van der Waals surface area contributed by atoms with E-state index < -0.39 is 29.7 Å². The molecule has 2 N–H and O–H groups in total. The fourth-order valence-corrected chi connectivity index (χ4v) is 2.50. The van der Waals surface area contributed by atoms with Gasteiger partial charge in [0.1, 0.15) is 11.5 Å². The molecule has 1 unspecified atom stereocenters. The Morgan fingerprint density at radius 2 is 1.16 bits per heavy atom. The number of ether oxygens (including phenoxy) is 1. The van der Waals surface area contributed by atoms with Crippen molar-refractivity contribution in [3.63, 3.8) is 0 Å². The molecule has 1 atom stereocenters. The second-order valence-electron chi connectivity index (χ2n) is 6.36. The number of benzene rings is 3. The molecule has 5 nitrogen and oxygen atoms in total. The average Bonchev–Trinajstić information content (AvgIpc) is 2.75. The maximum absolute atomic E-state index is 14.2. The SMILES string of the molecule is O=C(Nc1ccc(Oc2ccccc2)cc1)C(F)C(=O)Nc1ccc(C(F)(F)F)cc1. The van der Waals surface area contributed by atoms with Gasteiger partial charge in [0.2, 0.25) is 0 Å². The number of halogens is 4. The Hall–Kier alpha value is -3.88. The minimum absolute atomic E-state index is 0.0733. The van der Waals surface area contributed by atoms with Gasteiger partial charge in [-0.3, -0.25) is 9.59 Å². The van der Waals surface area contributed by atoms with E-state index in [-0.39, 0.29) is 11.4 Å². The first-order valence-corrected chi connectivity index (χ1v) is 8.98. The second-order valence-corrected chi connectivity index (χ2v) is 6.36. The summed E-state index contributed by atoms with van der Waals surface area (Å²) in [4.78, 5) is 23.9. The van der Waals surface area contributed by atoms with Crippen molar-refractivity contribution >= 4 is 23.2 Å². The molecular formula is C22H16F4N2O3. The molecule has 2 amide bonds. The van der Waals surface area contributed by atoms with Crippen LogP contribution in [-0.4, -0.2) is 18.0 Å². The van der Waals surface area contributed by atoms with Crippen LogP contribution in [0.25, 0.3) is 0 Å². The van der Waals surface area contributed by atoms with Gasteiger partial charge in [-0.1, -0.05) is 18.2 Å². The average molecular weight is 432 g/mol. The summed E-state index contributed by atoms with van der Waals surface area (Å²) in [6.45, 7) is 0. The molecule has 3 aromatic rings. The topological polar surface area (TPSA) is 67.4 Å². The first kappa shape index (κ1) is 21.8. The van der Waals surface area contributed by atoms with Gasteiger partial charge in [0.25, 0.3) is 18.0 Å². The molecule has 0 radical (unpaired) electrons. The Labute approximate surface area is 174 Å². The third-order valence-corrected chi connectivity index (χ3v) is 4.04. The van der Waals surface area contributed by atoms with E-state index in [0.717, 1.165) is 24.3 Å². The lowest BCUT2D eigenvalue weighted by Gasteiger charge is -2.12. The van der Waals surface area contributed by atoms with Gasteiger partial charge in [-0.15, -0.1) is 0 Å². The van der Waals surface area contributed by atoms with Gasteiger partial charge in [0.05, 0.1) is 5.56 Å². The largest absolute Gasteiger partial charge is 0.457 e. The normalized spacial score (nSPS) is 12.0. The third kappa shape index (κ3) is 6.05. The molecule has 31 heavy (non-hydrogen) atoms. The van der Waals surface area contributed by atoms with Gasteiger partial charge < -0.3 is 15.4 Å². The monoisotopic (exact) mass is 432 g/mol. The summed E-state index contributed by atoms with van der Waals surface area (Å²) in [5, 5.41) is 4.31. The molecular weight excluding hydrogens is 416 g/mol. The van der Waals surface area contributed by atoms with Crippen molar-refractivity contribution in [2.75, 3.05) is 10.6 Å². The van der Waals surface area contributed by atoms with Crippen LogP contribution >= 0.6 is 0 Å². The Bertz CT molecular complexity index is 1040. The summed E-state index contributed by atoms with van der Waals surface area (Å²) >= 11 is 0. The quantitative estimate of drug-likeness (QED) is 0.404. The lowest BCUT2D eigenvalue weighted by Crippen LogP contribution is -2.35. The summed E-state index contributed by atoms with van der Waals surface area (Å²) < 4.78 is 57.4. The van der Waals surface area contributed by atoms with Crippen LogP contribution in [-0.2, 0) is 15.8 Å². The molecule has 160 valence electrons. The second kappa shape index (κ2) is 9.29. The predicted octanol–water partition coefficient (Wildman–Crippen LogP) is 5.41. The number of hydrogen-bond donors (Lipinski definition) is 2. The molecule has 0 saturated heterocycles. The first-order valence-electron chi connectivity index (χ1n) is 8.98. The van der Waals surface area contributed by atoms with Crippen molar-refractivity contribution in [2.24, 2.45) is 0 Å². The zero-order valence-corrected chi connectivity index (χ0v) is 15.8. The van der Waals surface area contributed by atoms with Crippen molar-refractivity contribution < 1.29 is 31.9 Å². The van der Waals surface area contributed by atoms with Crippen molar-refractivity contribution in [1.82, 2.24) is 0 Å². The molecule has 0 fully saturated rings. The van der Waals surface area contributed by atoms with Crippen molar-refractivity contribution in [3.05, 3.63) is 84.4 Å². The summed E-state index contributed by atoms with van der Waals surface area (Å²) in [5.74, 6) is -1.42. The summed E-state index contributed by atoms with van der Waals surface area (Å²) in [6, 6.07) is 18.4. The molecule has 0 aromatic heterocycles. The third-order valence-electron chi connectivity index (χ3n) is 4.04. The highest BCUT2D eigenvalue weighted by Gasteiger charge is 2.30. The number of nitrogens with one attached hydrogen (secondary N) is 2. The van der Waals surface area contributed by atoms with E-state index in [9.17, 15) is 27.2 Å². The Balaban J connectivity index is 1.55. The molecule has 0 aliphatic heterocycles. The Morgan fingerprint density at radius 1 is 0.710 bits per heavy atom. The Morgan fingerprint density at radius 3 is 1.65 bits per heavy atom. The number of carbonyl (C=O) groups excluding carboxylic acids is 2. The van der Waals surface area contributed by atoms with Crippen LogP contribution in [0.1, 0.15) is 5.56 Å². The fraction of sp³-hybridized carbons (Fsp3) is 0.0909. The lowest BCUT2D eigenvalue weighted by molar-refractivity contribution is -0.137. The van der Waals surface area contributed by atoms with Crippen LogP contribution in [0.5, 0.6) is 11.5 Å². The summed E-state index contributed by atoms with van der Waals surface area (Å²) in [6.07, 6.45) is -7.10. The van der Waals surface area contributed by atoms with E-state index in [0.29, 0.717) is 11.5 Å². The van der Waals surface area contributed by atoms with E-state index in [1.807, 2.05) is 6.07 Å². The minimum atomic E-state index is -4.53. The van der Waals surface area contributed by atoms with E-state index >= 15 is 0 Å². The number of alkyl halides is 4. The van der Waals surface area contributed by atoms with Crippen LogP contribution in [0.2, 0.25) is 0 Å². The molecule has 3 aromatic carbocycles. The molecule has 9 heteroatoms. The molecule has 0 bridgehead atoms. The van der Waals surface area contributed by atoms with Gasteiger partial charge in [-0.2, -0.15) is 13.2 Å². The van der Waals surface area contributed by atoms with Crippen molar-refractivity contribution in [3.8, 4) is 11.5 Å². The predicted molar refractivity (Wildman–Crippen MR) is 107 cm³/mol. The highest BCUT2D eigenvalue weighted by Crippen LogP contribution is 2.30. The molecule has 0 aliphatic rings. The first-order chi connectivity index (χ1) is 14.7. The zero-order chi connectivity index (χ0) is 22.4. The smallest absolute Gasteiger partial charge is 0.416 e. The summed E-state index contributed by atoms with van der Waals surface area (Å²) in [5.41, 5.74) is -0.758. The van der Waals surface area contributed by atoms with Crippen LogP contribution in [0.15, 0.2) is 78.9 Å². The van der Waals surface area contributed by atoms with E-state index in [4.69, 9.17) is 4.74 Å². The van der Waals surface area contributed by atoms with Crippen molar-refractivity contribution in [1.29, 1.82) is 0 Å². The highest BCUT2D eigenvalue weighted by molar-refractivity contribution is 6.13. The van der Waals surface area contributed by atoms with E-state index in [1.165, 1.54) is 12.1 Å².